The molecule has 0 atom stereocenters. The van der Waals surface area contributed by atoms with Gasteiger partial charge in [0, 0.05) is 19.3 Å². The highest BCUT2D eigenvalue weighted by molar-refractivity contribution is 6.30. The zero-order valence-corrected chi connectivity index (χ0v) is 7.61. The first kappa shape index (κ1) is 8.72. The summed E-state index contributed by atoms with van der Waals surface area (Å²) in [5.41, 5.74) is 0. The predicted octanol–water partition coefficient (Wildman–Crippen LogP) is 1.26. The van der Waals surface area contributed by atoms with Crippen molar-refractivity contribution in [2.24, 2.45) is 0 Å². The number of pyridine rings is 1. The van der Waals surface area contributed by atoms with E-state index in [1.807, 2.05) is 0 Å². The number of aromatic nitrogens is 1. The first-order valence-corrected chi connectivity index (χ1v) is 4.42. The van der Waals surface area contributed by atoms with Crippen LogP contribution >= 0.6 is 11.6 Å². The predicted molar refractivity (Wildman–Crippen MR) is 49.5 cm³/mol. The molecule has 2 rings (SSSR count). The molecule has 0 radical (unpaired) electrons. The summed E-state index contributed by atoms with van der Waals surface area (Å²) in [4.78, 5) is 3.85. The summed E-state index contributed by atoms with van der Waals surface area (Å²) >= 11 is 5.56. The molecule has 0 aromatic carbocycles. The summed E-state index contributed by atoms with van der Waals surface area (Å²) in [6, 6.07) is 1.53. The molecule has 5 heteroatoms. The number of hydrogen-bond donors (Lipinski definition) is 2. The third-order valence-corrected chi connectivity index (χ3v) is 2.14. The van der Waals surface area contributed by atoms with E-state index < -0.39 is 5.82 Å². The lowest BCUT2D eigenvalue weighted by molar-refractivity contribution is 0.467. The first-order valence-electron chi connectivity index (χ1n) is 4.04. The van der Waals surface area contributed by atoms with Gasteiger partial charge in [0.15, 0.2) is 11.6 Å². The second-order valence-electron chi connectivity index (χ2n) is 2.98. The second kappa shape index (κ2) is 3.47. The van der Waals surface area contributed by atoms with Crippen LogP contribution in [0.4, 0.5) is 10.2 Å². The molecule has 1 aliphatic heterocycles. The van der Waals surface area contributed by atoms with Gasteiger partial charge in [0.2, 0.25) is 0 Å². The average Bonchev–Trinajstić information content (AvgIpc) is 1.99. The SMILES string of the molecule is Fc1cc(Cl)cnc1NC1CNC1. The van der Waals surface area contributed by atoms with Crippen molar-refractivity contribution in [3.8, 4) is 0 Å². The van der Waals surface area contributed by atoms with Crippen LogP contribution in [-0.4, -0.2) is 24.1 Å². The maximum Gasteiger partial charge on any atom is 0.166 e. The smallest absolute Gasteiger partial charge is 0.166 e. The molecule has 2 N–H and O–H groups in total. The van der Waals surface area contributed by atoms with E-state index in [-0.39, 0.29) is 11.9 Å². The minimum atomic E-state index is -0.403. The molecule has 0 unspecified atom stereocenters. The lowest BCUT2D eigenvalue weighted by Crippen LogP contribution is -2.51. The van der Waals surface area contributed by atoms with Gasteiger partial charge in [0.25, 0.3) is 0 Å². The van der Waals surface area contributed by atoms with Crippen LogP contribution in [-0.2, 0) is 0 Å². The summed E-state index contributed by atoms with van der Waals surface area (Å²) in [6.45, 7) is 1.70. The molecule has 0 bridgehead atoms. The number of halogens is 2. The largest absolute Gasteiger partial charge is 0.362 e. The van der Waals surface area contributed by atoms with Crippen molar-refractivity contribution >= 4 is 17.4 Å². The summed E-state index contributed by atoms with van der Waals surface area (Å²) in [5, 5.41) is 6.35. The lowest BCUT2D eigenvalue weighted by atomic mass is 10.2. The highest BCUT2D eigenvalue weighted by Gasteiger charge is 2.18. The quantitative estimate of drug-likeness (QED) is 0.757. The fourth-order valence-corrected chi connectivity index (χ4v) is 1.25. The Labute approximate surface area is 80.3 Å². The molecule has 1 fully saturated rings. The molecule has 13 heavy (non-hydrogen) atoms. The summed E-state index contributed by atoms with van der Waals surface area (Å²) in [6.07, 6.45) is 1.43. The Morgan fingerprint density at radius 3 is 2.92 bits per heavy atom. The van der Waals surface area contributed by atoms with Crippen molar-refractivity contribution in [1.29, 1.82) is 0 Å². The monoisotopic (exact) mass is 201 g/mol. The van der Waals surface area contributed by atoms with Crippen molar-refractivity contribution in [2.45, 2.75) is 6.04 Å². The van der Waals surface area contributed by atoms with Crippen LogP contribution in [0.5, 0.6) is 0 Å². The van der Waals surface area contributed by atoms with Gasteiger partial charge in [-0.15, -0.1) is 0 Å². The van der Waals surface area contributed by atoms with E-state index in [4.69, 9.17) is 11.6 Å². The summed E-state index contributed by atoms with van der Waals surface area (Å²) < 4.78 is 13.1. The van der Waals surface area contributed by atoms with E-state index in [9.17, 15) is 4.39 Å². The first-order chi connectivity index (χ1) is 6.25. The summed E-state index contributed by atoms with van der Waals surface area (Å²) in [7, 11) is 0. The van der Waals surface area contributed by atoms with Crippen molar-refractivity contribution < 1.29 is 4.39 Å². The Morgan fingerprint density at radius 2 is 2.38 bits per heavy atom. The van der Waals surface area contributed by atoms with Crippen molar-refractivity contribution in [3.63, 3.8) is 0 Å². The Kier molecular flexibility index (Phi) is 2.33. The van der Waals surface area contributed by atoms with Crippen LogP contribution in [0.3, 0.4) is 0 Å². The van der Waals surface area contributed by atoms with Crippen molar-refractivity contribution in [3.05, 3.63) is 23.1 Å². The number of nitrogens with one attached hydrogen (secondary N) is 2. The van der Waals surface area contributed by atoms with Crippen LogP contribution < -0.4 is 10.6 Å². The van der Waals surface area contributed by atoms with Gasteiger partial charge in [-0.3, -0.25) is 0 Å². The maximum atomic E-state index is 13.1. The second-order valence-corrected chi connectivity index (χ2v) is 3.42. The van der Waals surface area contributed by atoms with Crippen LogP contribution in [0.2, 0.25) is 5.02 Å². The molecule has 0 aliphatic carbocycles. The molecular formula is C8H9ClFN3. The van der Waals surface area contributed by atoms with Crippen LogP contribution in [0.15, 0.2) is 12.3 Å². The maximum absolute atomic E-state index is 13.1. The fraction of sp³-hybridized carbons (Fsp3) is 0.375. The topological polar surface area (TPSA) is 37.0 Å². The third-order valence-electron chi connectivity index (χ3n) is 1.93. The fourth-order valence-electron chi connectivity index (χ4n) is 1.10. The molecule has 0 saturated carbocycles. The van der Waals surface area contributed by atoms with E-state index in [0.717, 1.165) is 13.1 Å². The Balaban J connectivity index is 2.10. The van der Waals surface area contributed by atoms with Crippen LogP contribution in [0.25, 0.3) is 0 Å². The van der Waals surface area contributed by atoms with Crippen LogP contribution in [0, 0.1) is 5.82 Å². The molecule has 70 valence electrons. The van der Waals surface area contributed by atoms with Gasteiger partial charge in [0.05, 0.1) is 11.1 Å². The number of nitrogens with zero attached hydrogens (tertiary/aromatic N) is 1. The van der Waals surface area contributed by atoms with Gasteiger partial charge in [-0.25, -0.2) is 9.37 Å². The van der Waals surface area contributed by atoms with Crippen LogP contribution in [0.1, 0.15) is 0 Å². The number of hydrogen-bond acceptors (Lipinski definition) is 3. The van der Waals surface area contributed by atoms with Crippen molar-refractivity contribution in [1.82, 2.24) is 10.3 Å². The molecule has 2 heterocycles. The van der Waals surface area contributed by atoms with E-state index in [1.54, 1.807) is 0 Å². The Bertz CT molecular complexity index is 314. The van der Waals surface area contributed by atoms with Crippen molar-refractivity contribution in [2.75, 3.05) is 18.4 Å². The minimum absolute atomic E-state index is 0.274. The lowest BCUT2D eigenvalue weighted by Gasteiger charge is -2.28. The summed E-state index contributed by atoms with van der Waals surface area (Å²) in [5.74, 6) is -0.129. The normalized spacial score (nSPS) is 16.8. The highest BCUT2D eigenvalue weighted by atomic mass is 35.5. The Hall–Kier alpha value is -0.870. The minimum Gasteiger partial charge on any atom is -0.362 e. The number of rotatable bonds is 2. The Morgan fingerprint density at radius 1 is 1.62 bits per heavy atom. The number of anilines is 1. The molecule has 3 nitrogen and oxygen atoms in total. The molecule has 0 spiro atoms. The average molecular weight is 202 g/mol. The standard InChI is InChI=1S/C8H9ClFN3/c9-5-1-7(10)8(12-2-5)13-6-3-11-4-6/h1-2,6,11H,3-4H2,(H,12,13). The zero-order chi connectivity index (χ0) is 9.26. The van der Waals surface area contributed by atoms with E-state index in [2.05, 4.69) is 15.6 Å². The highest BCUT2D eigenvalue weighted by Crippen LogP contribution is 2.16. The van der Waals surface area contributed by atoms with Gasteiger partial charge in [-0.1, -0.05) is 11.6 Å². The zero-order valence-electron chi connectivity index (χ0n) is 6.85. The molecule has 1 aromatic rings. The molecule has 1 saturated heterocycles. The molecule has 1 aliphatic rings. The van der Waals surface area contributed by atoms with E-state index in [0.29, 0.717) is 5.02 Å². The molecule has 1 aromatic heterocycles. The van der Waals surface area contributed by atoms with Gasteiger partial charge in [-0.2, -0.15) is 0 Å². The van der Waals surface area contributed by atoms with E-state index >= 15 is 0 Å². The van der Waals surface area contributed by atoms with Gasteiger partial charge >= 0.3 is 0 Å². The molecular weight excluding hydrogens is 193 g/mol. The van der Waals surface area contributed by atoms with Gasteiger partial charge in [-0.05, 0) is 6.07 Å². The van der Waals surface area contributed by atoms with Gasteiger partial charge in [0.1, 0.15) is 0 Å². The van der Waals surface area contributed by atoms with Gasteiger partial charge < -0.3 is 10.6 Å². The van der Waals surface area contributed by atoms with E-state index in [1.165, 1.54) is 12.3 Å². The molecule has 0 amide bonds. The third kappa shape index (κ3) is 1.89.